The molecule has 2 aromatic rings. The van der Waals surface area contributed by atoms with Gasteiger partial charge in [0.15, 0.2) is 11.5 Å². The van der Waals surface area contributed by atoms with Crippen molar-refractivity contribution >= 4 is 15.9 Å². The highest BCUT2D eigenvalue weighted by Crippen LogP contribution is 2.32. The molecule has 29 heavy (non-hydrogen) atoms. The first kappa shape index (κ1) is 21.1. The van der Waals surface area contributed by atoms with Gasteiger partial charge in [-0.2, -0.15) is 0 Å². The molecule has 9 heteroatoms. The maximum absolute atomic E-state index is 12.6. The van der Waals surface area contributed by atoms with Crippen LogP contribution in [0.15, 0.2) is 41.3 Å². The summed E-state index contributed by atoms with van der Waals surface area (Å²) in [5.74, 6) is 1.09. The summed E-state index contributed by atoms with van der Waals surface area (Å²) in [6, 6.07) is 10.1. The molecule has 0 radical (unpaired) electrons. The van der Waals surface area contributed by atoms with Crippen LogP contribution in [0.5, 0.6) is 11.5 Å². The Morgan fingerprint density at radius 2 is 1.90 bits per heavy atom. The Kier molecular flexibility index (Phi) is 6.73. The fraction of sp³-hybridized carbons (Fsp3) is 0.350. The van der Waals surface area contributed by atoms with Crippen molar-refractivity contribution < 1.29 is 27.4 Å². The molecule has 0 atom stereocenters. The monoisotopic (exact) mass is 420 g/mol. The Morgan fingerprint density at radius 1 is 1.10 bits per heavy atom. The zero-order chi connectivity index (χ0) is 20.9. The number of aryl methyl sites for hydroxylation is 1. The lowest BCUT2D eigenvalue weighted by molar-refractivity contribution is 0.0953. The Bertz CT molecular complexity index is 990. The van der Waals surface area contributed by atoms with Crippen molar-refractivity contribution in [2.75, 3.05) is 33.6 Å². The second-order valence-corrected chi connectivity index (χ2v) is 8.33. The lowest BCUT2D eigenvalue weighted by Crippen LogP contribution is -2.29. The number of methoxy groups -OCH3 is 1. The first-order chi connectivity index (χ1) is 13.9. The van der Waals surface area contributed by atoms with Crippen molar-refractivity contribution in [1.29, 1.82) is 0 Å². The van der Waals surface area contributed by atoms with Crippen molar-refractivity contribution in [3.63, 3.8) is 0 Å². The van der Waals surface area contributed by atoms with Gasteiger partial charge in [0.2, 0.25) is 16.8 Å². The summed E-state index contributed by atoms with van der Waals surface area (Å²) < 4.78 is 42.7. The van der Waals surface area contributed by atoms with Gasteiger partial charge >= 0.3 is 0 Å². The van der Waals surface area contributed by atoms with Gasteiger partial charge in [0.05, 0.1) is 11.5 Å². The molecule has 0 fully saturated rings. The van der Waals surface area contributed by atoms with Crippen molar-refractivity contribution in [2.45, 2.75) is 18.2 Å². The first-order valence-corrected chi connectivity index (χ1v) is 10.6. The number of benzene rings is 2. The van der Waals surface area contributed by atoms with Gasteiger partial charge in [0.1, 0.15) is 0 Å². The minimum Gasteiger partial charge on any atom is -0.454 e. The van der Waals surface area contributed by atoms with Crippen LogP contribution in [-0.4, -0.2) is 47.9 Å². The van der Waals surface area contributed by atoms with Gasteiger partial charge in [-0.15, -0.1) is 0 Å². The second-order valence-electron chi connectivity index (χ2n) is 6.56. The zero-order valence-corrected chi connectivity index (χ0v) is 17.2. The Morgan fingerprint density at radius 3 is 2.69 bits per heavy atom. The number of rotatable bonds is 9. The summed E-state index contributed by atoms with van der Waals surface area (Å²) in [5, 5.41) is 2.84. The molecule has 1 amide bonds. The maximum Gasteiger partial charge on any atom is 0.251 e. The average Bonchev–Trinajstić information content (AvgIpc) is 3.16. The van der Waals surface area contributed by atoms with Gasteiger partial charge in [-0.25, -0.2) is 13.1 Å². The number of hydrogen-bond donors (Lipinski definition) is 2. The predicted octanol–water partition coefficient (Wildman–Crippen LogP) is 1.62. The van der Waals surface area contributed by atoms with E-state index in [1.807, 2.05) is 18.2 Å². The molecular weight excluding hydrogens is 396 g/mol. The molecule has 2 aromatic carbocycles. The van der Waals surface area contributed by atoms with E-state index in [4.69, 9.17) is 14.2 Å². The summed E-state index contributed by atoms with van der Waals surface area (Å²) in [6.45, 7) is 2.80. The number of amides is 1. The predicted molar refractivity (Wildman–Crippen MR) is 107 cm³/mol. The third-order valence-electron chi connectivity index (χ3n) is 4.50. The van der Waals surface area contributed by atoms with Gasteiger partial charge in [0, 0.05) is 25.8 Å². The zero-order valence-electron chi connectivity index (χ0n) is 16.4. The minimum atomic E-state index is -3.71. The van der Waals surface area contributed by atoms with E-state index >= 15 is 0 Å². The fourth-order valence-corrected chi connectivity index (χ4v) is 3.93. The van der Waals surface area contributed by atoms with Crippen LogP contribution in [-0.2, 0) is 21.2 Å². The number of carbonyl (C=O) groups excluding carboxylic acids is 1. The summed E-state index contributed by atoms with van der Waals surface area (Å²) in [7, 11) is -2.22. The largest absolute Gasteiger partial charge is 0.454 e. The fourth-order valence-electron chi connectivity index (χ4n) is 2.89. The highest BCUT2D eigenvalue weighted by molar-refractivity contribution is 7.89. The summed E-state index contributed by atoms with van der Waals surface area (Å²) in [5.41, 5.74) is 2.02. The van der Waals surface area contributed by atoms with Crippen molar-refractivity contribution in [2.24, 2.45) is 0 Å². The maximum atomic E-state index is 12.6. The highest BCUT2D eigenvalue weighted by atomic mass is 32.2. The number of sulfonamides is 1. The highest BCUT2D eigenvalue weighted by Gasteiger charge is 2.18. The van der Waals surface area contributed by atoms with Gasteiger partial charge < -0.3 is 19.5 Å². The molecule has 1 aliphatic rings. The third kappa shape index (κ3) is 5.26. The smallest absolute Gasteiger partial charge is 0.251 e. The molecule has 0 bridgehead atoms. The molecular formula is C20H24N2O6S. The second kappa shape index (κ2) is 9.25. The summed E-state index contributed by atoms with van der Waals surface area (Å²) in [4.78, 5) is 12.6. The molecule has 0 saturated carbocycles. The molecule has 1 heterocycles. The van der Waals surface area contributed by atoms with E-state index < -0.39 is 10.0 Å². The lowest BCUT2D eigenvalue weighted by atomic mass is 10.1. The Labute approximate surface area is 170 Å². The van der Waals surface area contributed by atoms with Crippen LogP contribution < -0.4 is 19.5 Å². The average molecular weight is 420 g/mol. The number of nitrogens with one attached hydrogen (secondary N) is 2. The Hall–Kier alpha value is -2.62. The van der Waals surface area contributed by atoms with Gasteiger partial charge in [0.25, 0.3) is 5.91 Å². The molecule has 0 unspecified atom stereocenters. The topological polar surface area (TPSA) is 103 Å². The number of hydrogen-bond acceptors (Lipinski definition) is 6. The van der Waals surface area contributed by atoms with Gasteiger partial charge in [-0.1, -0.05) is 12.1 Å². The van der Waals surface area contributed by atoms with E-state index in [0.29, 0.717) is 35.6 Å². The normalized spacial score (nSPS) is 12.8. The van der Waals surface area contributed by atoms with Crippen LogP contribution >= 0.6 is 0 Å². The number of ether oxygens (including phenoxy) is 3. The molecule has 0 saturated heterocycles. The molecule has 0 aromatic heterocycles. The van der Waals surface area contributed by atoms with E-state index in [2.05, 4.69) is 10.0 Å². The molecule has 1 aliphatic heterocycles. The molecule has 156 valence electrons. The molecule has 0 spiro atoms. The molecule has 3 rings (SSSR count). The van der Waals surface area contributed by atoms with Crippen molar-refractivity contribution in [1.82, 2.24) is 10.0 Å². The lowest BCUT2D eigenvalue weighted by Gasteiger charge is -2.11. The molecule has 0 aliphatic carbocycles. The van der Waals surface area contributed by atoms with Gasteiger partial charge in [-0.3, -0.25) is 4.79 Å². The van der Waals surface area contributed by atoms with Crippen LogP contribution in [0.1, 0.15) is 21.5 Å². The van der Waals surface area contributed by atoms with Crippen molar-refractivity contribution in [3.8, 4) is 11.5 Å². The number of carbonyl (C=O) groups is 1. The van der Waals surface area contributed by atoms with Gasteiger partial charge in [-0.05, 0) is 48.7 Å². The van der Waals surface area contributed by atoms with E-state index in [1.54, 1.807) is 13.0 Å². The Balaban J connectivity index is 1.62. The van der Waals surface area contributed by atoms with E-state index in [-0.39, 0.29) is 30.7 Å². The van der Waals surface area contributed by atoms with E-state index in [9.17, 15) is 13.2 Å². The van der Waals surface area contributed by atoms with E-state index in [0.717, 1.165) is 5.56 Å². The molecule has 8 nitrogen and oxygen atoms in total. The van der Waals surface area contributed by atoms with Crippen LogP contribution in [0.25, 0.3) is 0 Å². The van der Waals surface area contributed by atoms with E-state index in [1.165, 1.54) is 19.2 Å². The standard InChI is InChI=1S/C20H24N2O6S/c1-14-3-5-16(29(24,25)22-9-10-26-2)12-17(14)20(23)21-8-7-15-4-6-18-19(11-15)28-13-27-18/h3-6,11-12,22H,7-10,13H2,1-2H3,(H,21,23). The summed E-state index contributed by atoms with van der Waals surface area (Å²) >= 11 is 0. The minimum absolute atomic E-state index is 0.0418. The van der Waals surface area contributed by atoms with Crippen LogP contribution in [0.2, 0.25) is 0 Å². The first-order valence-electron chi connectivity index (χ1n) is 9.16. The van der Waals surface area contributed by atoms with Crippen molar-refractivity contribution in [3.05, 3.63) is 53.1 Å². The third-order valence-corrected chi connectivity index (χ3v) is 5.96. The van der Waals surface area contributed by atoms with Crippen LogP contribution in [0.4, 0.5) is 0 Å². The number of fused-ring (bicyclic) bond motifs is 1. The van der Waals surface area contributed by atoms with Crippen LogP contribution in [0, 0.1) is 6.92 Å². The summed E-state index contributed by atoms with van der Waals surface area (Å²) in [6.07, 6.45) is 0.609. The SMILES string of the molecule is COCCNS(=O)(=O)c1ccc(C)c(C(=O)NCCc2ccc3c(c2)OCO3)c1. The molecule has 2 N–H and O–H groups in total. The quantitative estimate of drug-likeness (QED) is 0.598. The van der Waals surface area contributed by atoms with Crippen LogP contribution in [0.3, 0.4) is 0 Å².